The van der Waals surface area contributed by atoms with Crippen molar-refractivity contribution in [1.82, 2.24) is 14.1 Å². The molecule has 0 fully saturated rings. The molecular formula is C35H48N4Si. The van der Waals surface area contributed by atoms with Crippen molar-refractivity contribution in [2.45, 2.75) is 98.3 Å². The molecule has 1 N–H and O–H groups in total. The van der Waals surface area contributed by atoms with Gasteiger partial charge in [0.25, 0.3) is 0 Å². The van der Waals surface area contributed by atoms with Gasteiger partial charge in [-0.1, -0.05) is 92.7 Å². The molecule has 0 aliphatic heterocycles. The maximum absolute atomic E-state index is 5.43. The number of rotatable bonds is 7. The molecule has 0 saturated carbocycles. The molecule has 0 aliphatic carbocycles. The van der Waals surface area contributed by atoms with Crippen LogP contribution in [-0.2, 0) is 17.4 Å². The van der Waals surface area contributed by atoms with E-state index in [2.05, 4.69) is 137 Å². The first kappa shape index (κ1) is 28.5. The van der Waals surface area contributed by atoms with Gasteiger partial charge in [-0.3, -0.25) is 4.57 Å². The number of para-hydroxylation sites is 1. The molecule has 4 nitrogen and oxygen atoms in total. The number of nitrogens with one attached hydrogen (secondary N) is 1. The van der Waals surface area contributed by atoms with Crippen LogP contribution in [0.3, 0.4) is 0 Å². The molecule has 40 heavy (non-hydrogen) atoms. The monoisotopic (exact) mass is 552 g/mol. The third-order valence-electron chi connectivity index (χ3n) is 8.00. The van der Waals surface area contributed by atoms with Crippen molar-refractivity contribution in [1.29, 1.82) is 0 Å². The third-order valence-corrected chi connectivity index (χ3v) is 9.24. The summed E-state index contributed by atoms with van der Waals surface area (Å²) in [6.07, 6.45) is 3.29. The Labute approximate surface area is 241 Å². The van der Waals surface area contributed by atoms with Gasteiger partial charge in [0.05, 0.1) is 30.3 Å². The van der Waals surface area contributed by atoms with Crippen LogP contribution >= 0.6 is 0 Å². The average Bonchev–Trinajstić information content (AvgIpc) is 3.39. The van der Waals surface area contributed by atoms with E-state index < -0.39 is 8.07 Å². The summed E-state index contributed by atoms with van der Waals surface area (Å²) >= 11 is 0. The van der Waals surface area contributed by atoms with Crippen molar-refractivity contribution in [3.63, 3.8) is 0 Å². The third kappa shape index (κ3) is 5.33. The molecule has 3 aromatic carbocycles. The van der Waals surface area contributed by atoms with E-state index in [0.717, 1.165) is 42.7 Å². The quantitative estimate of drug-likeness (QED) is 0.204. The van der Waals surface area contributed by atoms with E-state index in [0.29, 0.717) is 0 Å². The fourth-order valence-electron chi connectivity index (χ4n) is 5.52. The Balaban J connectivity index is 1.84. The SMILES string of the molecule is CCCCn1c(-n2c3ccc(C(C)(C)C)cc3c3cc(C(C)(C)C)ccc32)nc2c(NC[Si](C)(C)C)cccc21. The van der Waals surface area contributed by atoms with Crippen LogP contribution in [0.25, 0.3) is 38.8 Å². The molecule has 212 valence electrons. The van der Waals surface area contributed by atoms with Crippen LogP contribution in [0.15, 0.2) is 54.6 Å². The summed E-state index contributed by atoms with van der Waals surface area (Å²) in [5.74, 6) is 1.01. The minimum atomic E-state index is -1.27. The first-order valence-corrected chi connectivity index (χ1v) is 18.7. The summed E-state index contributed by atoms with van der Waals surface area (Å²) in [5.41, 5.74) is 8.73. The molecule has 0 aliphatic rings. The largest absolute Gasteiger partial charge is 0.386 e. The van der Waals surface area contributed by atoms with E-state index in [4.69, 9.17) is 4.98 Å². The summed E-state index contributed by atoms with van der Waals surface area (Å²) in [4.78, 5) is 5.43. The van der Waals surface area contributed by atoms with E-state index >= 15 is 0 Å². The smallest absolute Gasteiger partial charge is 0.215 e. The van der Waals surface area contributed by atoms with Gasteiger partial charge >= 0.3 is 0 Å². The number of aromatic nitrogens is 3. The Hall–Kier alpha value is -3.05. The van der Waals surface area contributed by atoms with Crippen molar-refractivity contribution < 1.29 is 0 Å². The number of hydrogen-bond acceptors (Lipinski definition) is 2. The number of aryl methyl sites for hydroxylation is 1. The Morgan fingerprint density at radius 3 is 1.85 bits per heavy atom. The number of anilines is 1. The van der Waals surface area contributed by atoms with Crippen LogP contribution in [0, 0.1) is 0 Å². The molecule has 2 aromatic heterocycles. The number of fused-ring (bicyclic) bond motifs is 4. The minimum absolute atomic E-state index is 0.0788. The first-order chi connectivity index (χ1) is 18.7. The molecule has 0 spiro atoms. The van der Waals surface area contributed by atoms with Gasteiger partial charge in [-0.05, 0) is 64.8 Å². The average molecular weight is 553 g/mol. The Bertz CT molecular complexity index is 1610. The zero-order chi connectivity index (χ0) is 29.0. The van der Waals surface area contributed by atoms with Crippen LogP contribution in [-0.4, -0.2) is 28.4 Å². The van der Waals surface area contributed by atoms with Crippen LogP contribution in [0.2, 0.25) is 19.6 Å². The van der Waals surface area contributed by atoms with Gasteiger partial charge in [0.1, 0.15) is 5.52 Å². The standard InChI is InChI=1S/C35H48N4Si/c1-11-12-20-38-31-15-13-14-28(36-23-40(8,9)10)32(31)37-33(38)39-29-18-16-24(34(2,3)4)21-26(29)27-22-25(35(5,6)7)17-19-30(27)39/h13-19,21-22,36H,11-12,20,23H2,1-10H3. The minimum Gasteiger partial charge on any atom is -0.386 e. The summed E-state index contributed by atoms with van der Waals surface area (Å²) in [7, 11) is -1.27. The lowest BCUT2D eigenvalue weighted by atomic mass is 9.85. The Morgan fingerprint density at radius 1 is 0.775 bits per heavy atom. The number of nitrogens with zero attached hydrogens (tertiary/aromatic N) is 3. The van der Waals surface area contributed by atoms with E-state index in [1.807, 2.05) is 0 Å². The van der Waals surface area contributed by atoms with Gasteiger partial charge in [-0.25, -0.2) is 4.98 Å². The zero-order valence-electron chi connectivity index (χ0n) is 26.4. The second-order valence-corrected chi connectivity index (χ2v) is 20.3. The maximum atomic E-state index is 5.43. The maximum Gasteiger partial charge on any atom is 0.215 e. The molecule has 5 aromatic rings. The van der Waals surface area contributed by atoms with Crippen molar-refractivity contribution in [3.8, 4) is 5.95 Å². The lowest BCUT2D eigenvalue weighted by Gasteiger charge is -2.19. The molecule has 5 heteroatoms. The highest BCUT2D eigenvalue weighted by Crippen LogP contribution is 2.38. The summed E-state index contributed by atoms with van der Waals surface area (Å²) < 4.78 is 4.87. The lowest BCUT2D eigenvalue weighted by molar-refractivity contribution is 0.590. The van der Waals surface area contributed by atoms with Crippen LogP contribution in [0.1, 0.15) is 72.4 Å². The predicted molar refractivity (Wildman–Crippen MR) is 178 cm³/mol. The highest BCUT2D eigenvalue weighted by atomic mass is 28.3. The fraction of sp³-hybridized carbons (Fsp3) is 0.457. The van der Waals surface area contributed by atoms with Crippen molar-refractivity contribution >= 4 is 46.6 Å². The molecular weight excluding hydrogens is 504 g/mol. The normalized spacial score (nSPS) is 13.2. The number of unbranched alkanes of at least 4 members (excludes halogenated alkanes) is 1. The highest BCUT2D eigenvalue weighted by molar-refractivity contribution is 6.76. The van der Waals surface area contributed by atoms with Crippen molar-refractivity contribution in [3.05, 3.63) is 65.7 Å². The van der Waals surface area contributed by atoms with Crippen molar-refractivity contribution in [2.75, 3.05) is 11.5 Å². The second kappa shape index (κ2) is 10.1. The Morgan fingerprint density at radius 2 is 1.35 bits per heavy atom. The summed E-state index contributed by atoms with van der Waals surface area (Å²) in [6, 6.07) is 20.7. The molecule has 0 unspecified atom stereocenters. The van der Waals surface area contributed by atoms with Gasteiger partial charge in [0.2, 0.25) is 5.95 Å². The summed E-state index contributed by atoms with van der Waals surface area (Å²) in [5, 5.41) is 6.38. The van der Waals surface area contributed by atoms with Crippen LogP contribution in [0.5, 0.6) is 0 Å². The fourth-order valence-corrected chi connectivity index (χ4v) is 6.24. The van der Waals surface area contributed by atoms with Crippen molar-refractivity contribution in [2.24, 2.45) is 0 Å². The molecule has 0 amide bonds. The molecule has 2 heterocycles. The molecule has 0 saturated heterocycles. The van der Waals surface area contributed by atoms with E-state index in [1.165, 1.54) is 38.4 Å². The van der Waals surface area contributed by atoms with Gasteiger partial charge < -0.3 is 9.88 Å². The number of benzene rings is 3. The molecule has 0 bridgehead atoms. The van der Waals surface area contributed by atoms with E-state index in [1.54, 1.807) is 0 Å². The van der Waals surface area contributed by atoms with Gasteiger partial charge in [0.15, 0.2) is 0 Å². The second-order valence-electron chi connectivity index (χ2n) is 14.8. The summed E-state index contributed by atoms with van der Waals surface area (Å²) in [6.45, 7) is 24.2. The van der Waals surface area contributed by atoms with Gasteiger partial charge in [-0.15, -0.1) is 0 Å². The van der Waals surface area contributed by atoms with Gasteiger partial charge in [0, 0.05) is 23.5 Å². The first-order valence-electron chi connectivity index (χ1n) is 15.0. The Kier molecular flexibility index (Phi) is 7.19. The highest BCUT2D eigenvalue weighted by Gasteiger charge is 2.24. The van der Waals surface area contributed by atoms with Gasteiger partial charge in [-0.2, -0.15) is 0 Å². The molecule has 0 radical (unpaired) electrons. The topological polar surface area (TPSA) is 34.8 Å². The number of hydrogen-bond donors (Lipinski definition) is 1. The molecule has 0 atom stereocenters. The van der Waals surface area contributed by atoms with E-state index in [9.17, 15) is 0 Å². The lowest BCUT2D eigenvalue weighted by Crippen LogP contribution is -2.31. The predicted octanol–water partition coefficient (Wildman–Crippen LogP) is 9.82. The van der Waals surface area contributed by atoms with E-state index in [-0.39, 0.29) is 10.8 Å². The number of imidazole rings is 1. The zero-order valence-corrected chi connectivity index (χ0v) is 27.4. The van der Waals surface area contributed by atoms with Crippen LogP contribution < -0.4 is 5.32 Å². The van der Waals surface area contributed by atoms with Crippen LogP contribution in [0.4, 0.5) is 5.69 Å². The molecule has 5 rings (SSSR count).